The first kappa shape index (κ1) is 20.7. The number of benzene rings is 2. The number of aromatic nitrogens is 4. The molecule has 2 N–H and O–H groups in total. The van der Waals surface area contributed by atoms with Crippen molar-refractivity contribution in [2.45, 2.75) is 26.4 Å². The SMILES string of the molecule is C=CCn1c(=S)[nH]c2cc(C(=O)NCCCn3c(C)nc4ccccc43)ccc2c1=O. The molecule has 1 amide bonds. The van der Waals surface area contributed by atoms with Gasteiger partial charge in [-0.2, -0.15) is 0 Å². The Labute approximate surface area is 184 Å². The van der Waals surface area contributed by atoms with Crippen molar-refractivity contribution in [2.24, 2.45) is 0 Å². The monoisotopic (exact) mass is 433 g/mol. The topological polar surface area (TPSA) is 84.7 Å². The second-order valence-electron chi connectivity index (χ2n) is 7.30. The van der Waals surface area contributed by atoms with Crippen LogP contribution in [0.3, 0.4) is 0 Å². The maximum atomic E-state index is 12.6. The highest BCUT2D eigenvalue weighted by molar-refractivity contribution is 7.71. The van der Waals surface area contributed by atoms with Crippen LogP contribution in [0.5, 0.6) is 0 Å². The van der Waals surface area contributed by atoms with E-state index in [4.69, 9.17) is 12.2 Å². The molecule has 7 nitrogen and oxygen atoms in total. The van der Waals surface area contributed by atoms with Crippen LogP contribution in [-0.4, -0.2) is 31.6 Å². The number of imidazole rings is 1. The minimum Gasteiger partial charge on any atom is -0.352 e. The van der Waals surface area contributed by atoms with Crippen LogP contribution in [0.2, 0.25) is 0 Å². The van der Waals surface area contributed by atoms with Gasteiger partial charge in [-0.05, 0) is 55.9 Å². The summed E-state index contributed by atoms with van der Waals surface area (Å²) >= 11 is 5.26. The lowest BCUT2D eigenvalue weighted by molar-refractivity contribution is 0.0953. The number of aryl methyl sites for hydroxylation is 2. The van der Waals surface area contributed by atoms with Crippen LogP contribution >= 0.6 is 12.2 Å². The number of amides is 1. The third-order valence-electron chi connectivity index (χ3n) is 5.25. The Hall–Kier alpha value is -3.52. The van der Waals surface area contributed by atoms with E-state index in [2.05, 4.69) is 32.5 Å². The molecule has 0 spiro atoms. The zero-order chi connectivity index (χ0) is 22.0. The van der Waals surface area contributed by atoms with Crippen molar-refractivity contribution < 1.29 is 4.79 Å². The lowest BCUT2D eigenvalue weighted by Gasteiger charge is -2.10. The highest BCUT2D eigenvalue weighted by Crippen LogP contribution is 2.16. The molecule has 0 atom stereocenters. The van der Waals surface area contributed by atoms with E-state index in [-0.39, 0.29) is 11.5 Å². The lowest BCUT2D eigenvalue weighted by Crippen LogP contribution is -2.26. The van der Waals surface area contributed by atoms with Crippen molar-refractivity contribution in [1.29, 1.82) is 0 Å². The van der Waals surface area contributed by atoms with Crippen molar-refractivity contribution in [2.75, 3.05) is 6.54 Å². The van der Waals surface area contributed by atoms with Gasteiger partial charge in [-0.1, -0.05) is 18.2 Å². The molecule has 0 aliphatic heterocycles. The summed E-state index contributed by atoms with van der Waals surface area (Å²) in [5.41, 5.74) is 2.89. The van der Waals surface area contributed by atoms with Gasteiger partial charge in [0.1, 0.15) is 5.82 Å². The Morgan fingerprint density at radius 2 is 2.06 bits per heavy atom. The van der Waals surface area contributed by atoms with Gasteiger partial charge in [-0.15, -0.1) is 6.58 Å². The summed E-state index contributed by atoms with van der Waals surface area (Å²) < 4.78 is 3.90. The fraction of sp³-hybridized carbons (Fsp3) is 0.217. The van der Waals surface area contributed by atoms with Crippen LogP contribution in [0.1, 0.15) is 22.6 Å². The number of H-pyrrole nitrogens is 1. The van der Waals surface area contributed by atoms with Gasteiger partial charge in [0.05, 0.1) is 21.9 Å². The Balaban J connectivity index is 1.44. The normalized spacial score (nSPS) is 11.1. The van der Waals surface area contributed by atoms with Gasteiger partial charge in [0.2, 0.25) is 0 Å². The average Bonchev–Trinajstić information content (AvgIpc) is 3.08. The number of hydrogen-bond acceptors (Lipinski definition) is 4. The fourth-order valence-corrected chi connectivity index (χ4v) is 3.98. The molecule has 0 aliphatic rings. The van der Waals surface area contributed by atoms with E-state index in [1.165, 1.54) is 4.57 Å². The molecule has 0 fully saturated rings. The second kappa shape index (κ2) is 8.69. The van der Waals surface area contributed by atoms with Gasteiger partial charge in [0, 0.05) is 25.2 Å². The molecule has 31 heavy (non-hydrogen) atoms. The maximum Gasteiger partial charge on any atom is 0.262 e. The molecule has 0 aliphatic carbocycles. The largest absolute Gasteiger partial charge is 0.352 e. The third kappa shape index (κ3) is 4.06. The van der Waals surface area contributed by atoms with Crippen LogP contribution in [0.15, 0.2) is 59.9 Å². The number of hydrogen-bond donors (Lipinski definition) is 2. The van der Waals surface area contributed by atoms with E-state index < -0.39 is 0 Å². The summed E-state index contributed by atoms with van der Waals surface area (Å²) in [6.45, 7) is 7.26. The van der Waals surface area contributed by atoms with Crippen molar-refractivity contribution in [3.63, 3.8) is 0 Å². The molecule has 158 valence electrons. The fourth-order valence-electron chi connectivity index (χ4n) is 3.71. The summed E-state index contributed by atoms with van der Waals surface area (Å²) in [5.74, 6) is 0.767. The molecule has 8 heteroatoms. The van der Waals surface area contributed by atoms with Crippen LogP contribution in [0.4, 0.5) is 0 Å². The second-order valence-corrected chi connectivity index (χ2v) is 7.69. The standard InChI is InChI=1S/C23H23N5O2S/c1-3-12-28-22(30)17-10-9-16(14-19(17)26-23(28)31)21(29)24-11-6-13-27-15(2)25-18-7-4-5-8-20(18)27/h3-5,7-10,14H,1,6,11-13H2,2H3,(H,24,29)(H,26,31). The molecule has 4 rings (SSSR count). The van der Waals surface area contributed by atoms with Crippen LogP contribution in [0, 0.1) is 11.7 Å². The summed E-state index contributed by atoms with van der Waals surface area (Å²) in [6, 6.07) is 13.0. The molecule has 2 heterocycles. The van der Waals surface area contributed by atoms with E-state index in [1.54, 1.807) is 24.3 Å². The number of allylic oxidation sites excluding steroid dienone is 1. The van der Waals surface area contributed by atoms with Gasteiger partial charge in [-0.3, -0.25) is 14.2 Å². The zero-order valence-electron chi connectivity index (χ0n) is 17.2. The highest BCUT2D eigenvalue weighted by atomic mass is 32.1. The first-order valence-electron chi connectivity index (χ1n) is 10.1. The number of rotatable bonds is 7. The third-order valence-corrected chi connectivity index (χ3v) is 5.57. The predicted molar refractivity (Wildman–Crippen MR) is 125 cm³/mol. The van der Waals surface area contributed by atoms with Crippen LogP contribution in [0.25, 0.3) is 21.9 Å². The predicted octanol–water partition coefficient (Wildman–Crippen LogP) is 3.72. The average molecular weight is 434 g/mol. The number of carbonyl (C=O) groups excluding carboxylic acids is 1. The molecule has 2 aromatic heterocycles. The van der Waals surface area contributed by atoms with Gasteiger partial charge in [0.15, 0.2) is 4.77 Å². The van der Waals surface area contributed by atoms with Crippen molar-refractivity contribution in [3.05, 3.63) is 81.6 Å². The van der Waals surface area contributed by atoms with E-state index in [0.717, 1.165) is 29.8 Å². The smallest absolute Gasteiger partial charge is 0.262 e. The molecule has 2 aromatic carbocycles. The summed E-state index contributed by atoms with van der Waals surface area (Å²) in [6.07, 6.45) is 2.39. The van der Waals surface area contributed by atoms with E-state index >= 15 is 0 Å². The van der Waals surface area contributed by atoms with Crippen LogP contribution in [-0.2, 0) is 13.1 Å². The molecule has 0 unspecified atom stereocenters. The van der Waals surface area contributed by atoms with Gasteiger partial charge in [0.25, 0.3) is 11.5 Å². The molecule has 0 saturated carbocycles. The summed E-state index contributed by atoms with van der Waals surface area (Å²) in [5, 5.41) is 3.43. The van der Waals surface area contributed by atoms with Gasteiger partial charge < -0.3 is 14.9 Å². The minimum atomic E-state index is -0.200. The first-order chi connectivity index (χ1) is 15.0. The molecule has 0 saturated heterocycles. The van der Waals surface area contributed by atoms with Crippen molar-refractivity contribution in [1.82, 2.24) is 24.4 Å². The van der Waals surface area contributed by atoms with Gasteiger partial charge in [-0.25, -0.2) is 4.98 Å². The van der Waals surface area contributed by atoms with E-state index in [0.29, 0.717) is 34.3 Å². The maximum absolute atomic E-state index is 12.6. The van der Waals surface area contributed by atoms with Crippen LogP contribution < -0.4 is 10.9 Å². The highest BCUT2D eigenvalue weighted by Gasteiger charge is 2.11. The Morgan fingerprint density at radius 3 is 2.87 bits per heavy atom. The Kier molecular flexibility index (Phi) is 5.81. The number of nitrogens with zero attached hydrogens (tertiary/aromatic N) is 3. The van der Waals surface area contributed by atoms with Crippen molar-refractivity contribution >= 4 is 40.1 Å². The zero-order valence-corrected chi connectivity index (χ0v) is 18.0. The summed E-state index contributed by atoms with van der Waals surface area (Å²) in [7, 11) is 0. The molecule has 0 radical (unpaired) electrons. The Bertz CT molecular complexity index is 1410. The minimum absolute atomic E-state index is 0.191. The number of nitrogens with one attached hydrogen (secondary N) is 2. The quantitative estimate of drug-likeness (QED) is 0.264. The molecule has 4 aromatic rings. The first-order valence-corrected chi connectivity index (χ1v) is 10.5. The van der Waals surface area contributed by atoms with Gasteiger partial charge >= 0.3 is 0 Å². The summed E-state index contributed by atoms with van der Waals surface area (Å²) in [4.78, 5) is 32.8. The molecular weight excluding hydrogens is 410 g/mol. The lowest BCUT2D eigenvalue weighted by atomic mass is 10.1. The van der Waals surface area contributed by atoms with E-state index in [9.17, 15) is 9.59 Å². The molecular formula is C23H23N5O2S. The molecule has 0 bridgehead atoms. The number of carbonyl (C=O) groups is 1. The number of para-hydroxylation sites is 2. The number of aromatic amines is 1. The Morgan fingerprint density at radius 1 is 1.26 bits per heavy atom. The number of fused-ring (bicyclic) bond motifs is 2. The van der Waals surface area contributed by atoms with E-state index in [1.807, 2.05) is 25.1 Å². The van der Waals surface area contributed by atoms with Crippen molar-refractivity contribution in [3.8, 4) is 0 Å².